The molecule has 2 heterocycles. The van der Waals surface area contributed by atoms with E-state index in [1.54, 1.807) is 6.08 Å². The number of H-pyrrole nitrogens is 1. The molecule has 0 atom stereocenters. The Morgan fingerprint density at radius 1 is 1.33 bits per heavy atom. The summed E-state index contributed by atoms with van der Waals surface area (Å²) < 4.78 is 25.3. The molecule has 0 unspecified atom stereocenters. The van der Waals surface area contributed by atoms with Crippen molar-refractivity contribution >= 4 is 27.0 Å². The molecule has 1 aliphatic rings. The van der Waals surface area contributed by atoms with Gasteiger partial charge in [0.05, 0.1) is 5.60 Å². The Morgan fingerprint density at radius 2 is 2.04 bits per heavy atom. The van der Waals surface area contributed by atoms with Crippen LogP contribution in [0.3, 0.4) is 0 Å². The fraction of sp³-hybridized carbons (Fsp3) is 0.412. The van der Waals surface area contributed by atoms with Crippen LogP contribution in [0.4, 0.5) is 0 Å². The Balaban J connectivity index is 1.98. The second-order valence-electron chi connectivity index (χ2n) is 6.39. The quantitative estimate of drug-likeness (QED) is 0.783. The smallest absolute Gasteiger partial charge is 0.233 e. The van der Waals surface area contributed by atoms with Gasteiger partial charge in [0.2, 0.25) is 10.0 Å². The lowest BCUT2D eigenvalue weighted by atomic mass is 9.84. The fourth-order valence-corrected chi connectivity index (χ4v) is 3.59. The lowest BCUT2D eigenvalue weighted by molar-refractivity contribution is -0.0190. The van der Waals surface area contributed by atoms with Gasteiger partial charge in [0.25, 0.3) is 0 Å². The van der Waals surface area contributed by atoms with Gasteiger partial charge in [0.1, 0.15) is 0 Å². The molecule has 1 fully saturated rings. The molecule has 130 valence electrons. The van der Waals surface area contributed by atoms with Crippen molar-refractivity contribution in [2.75, 3.05) is 27.2 Å². The molecule has 1 saturated heterocycles. The van der Waals surface area contributed by atoms with Gasteiger partial charge in [0.15, 0.2) is 0 Å². The van der Waals surface area contributed by atoms with E-state index in [4.69, 9.17) is 0 Å². The minimum atomic E-state index is -3.40. The third-order valence-corrected chi connectivity index (χ3v) is 5.81. The molecular weight excluding hydrogens is 326 g/mol. The van der Waals surface area contributed by atoms with Gasteiger partial charge < -0.3 is 15.0 Å². The lowest BCUT2D eigenvalue weighted by Crippen LogP contribution is -2.40. The van der Waals surface area contributed by atoms with E-state index in [2.05, 4.69) is 21.7 Å². The number of hydrogen-bond acceptors (Lipinski definition) is 4. The highest BCUT2D eigenvalue weighted by molar-refractivity contribution is 7.92. The largest absolute Gasteiger partial charge is 0.385 e. The summed E-state index contributed by atoms with van der Waals surface area (Å²) in [6.07, 6.45) is 4.80. The Labute approximate surface area is 142 Å². The predicted molar refractivity (Wildman–Crippen MR) is 95.9 cm³/mol. The number of sulfonamides is 1. The second-order valence-corrected chi connectivity index (χ2v) is 8.16. The first-order valence-corrected chi connectivity index (χ1v) is 9.52. The van der Waals surface area contributed by atoms with Gasteiger partial charge >= 0.3 is 0 Å². The van der Waals surface area contributed by atoms with Crippen molar-refractivity contribution in [1.29, 1.82) is 0 Å². The topological polar surface area (TPSA) is 85.4 Å². The number of aromatic amines is 1. The molecule has 0 spiro atoms. The number of aromatic nitrogens is 1. The molecule has 7 heteroatoms. The van der Waals surface area contributed by atoms with Gasteiger partial charge in [-0.05, 0) is 50.7 Å². The first kappa shape index (κ1) is 17.2. The molecule has 3 N–H and O–H groups in total. The van der Waals surface area contributed by atoms with E-state index in [9.17, 15) is 13.5 Å². The van der Waals surface area contributed by atoms with Crippen LogP contribution in [0.15, 0.2) is 29.8 Å². The van der Waals surface area contributed by atoms with Crippen molar-refractivity contribution in [3.05, 3.63) is 40.9 Å². The highest BCUT2D eigenvalue weighted by atomic mass is 32.2. The molecule has 0 bridgehead atoms. The van der Waals surface area contributed by atoms with Crippen molar-refractivity contribution in [2.45, 2.75) is 18.4 Å². The normalized spacial score (nSPS) is 19.3. The molecule has 24 heavy (non-hydrogen) atoms. The van der Waals surface area contributed by atoms with Crippen LogP contribution in [0, 0.1) is 0 Å². The molecule has 0 radical (unpaired) electrons. The standard InChI is InChI=1S/C17H23N3O3S/c1-18-24(22,23)10-5-13-3-4-16-14(11-13)15(12-19-16)17(21)6-8-20(2)9-7-17/h3-5,10-12,18-19,21H,6-9H2,1-2H3. The zero-order valence-electron chi connectivity index (χ0n) is 13.9. The van der Waals surface area contributed by atoms with Crippen LogP contribution in [-0.2, 0) is 15.6 Å². The number of benzene rings is 1. The van der Waals surface area contributed by atoms with Crippen molar-refractivity contribution in [2.24, 2.45) is 0 Å². The average Bonchev–Trinajstić information content (AvgIpc) is 3.00. The molecule has 2 aromatic rings. The van der Waals surface area contributed by atoms with Crippen molar-refractivity contribution in [3.8, 4) is 0 Å². The molecule has 0 amide bonds. The van der Waals surface area contributed by atoms with E-state index in [-0.39, 0.29) is 0 Å². The van der Waals surface area contributed by atoms with Gasteiger partial charge in [-0.1, -0.05) is 6.07 Å². The summed E-state index contributed by atoms with van der Waals surface area (Å²) >= 11 is 0. The average molecular weight is 349 g/mol. The number of aliphatic hydroxyl groups is 1. The maximum Gasteiger partial charge on any atom is 0.233 e. The highest BCUT2D eigenvalue weighted by Crippen LogP contribution is 2.37. The van der Waals surface area contributed by atoms with E-state index < -0.39 is 15.6 Å². The Morgan fingerprint density at radius 3 is 2.71 bits per heavy atom. The van der Waals surface area contributed by atoms with Gasteiger partial charge in [-0.25, -0.2) is 13.1 Å². The molecule has 0 saturated carbocycles. The van der Waals surface area contributed by atoms with Crippen molar-refractivity contribution < 1.29 is 13.5 Å². The van der Waals surface area contributed by atoms with Crippen LogP contribution in [-0.4, -0.2) is 50.6 Å². The summed E-state index contributed by atoms with van der Waals surface area (Å²) in [5.41, 5.74) is 1.76. The van der Waals surface area contributed by atoms with Crippen LogP contribution in [0.5, 0.6) is 0 Å². The summed E-state index contributed by atoms with van der Waals surface area (Å²) in [4.78, 5) is 5.41. The molecule has 1 aliphatic heterocycles. The summed E-state index contributed by atoms with van der Waals surface area (Å²) in [5, 5.41) is 13.1. The van der Waals surface area contributed by atoms with Crippen LogP contribution >= 0.6 is 0 Å². The monoisotopic (exact) mass is 349 g/mol. The highest BCUT2D eigenvalue weighted by Gasteiger charge is 2.34. The number of nitrogens with one attached hydrogen (secondary N) is 2. The maximum atomic E-state index is 11.5. The number of rotatable bonds is 4. The predicted octanol–water partition coefficient (Wildman–Crippen LogP) is 1.60. The Hall–Kier alpha value is -1.67. The summed E-state index contributed by atoms with van der Waals surface area (Å²) in [7, 11) is 0.0335. The fourth-order valence-electron chi connectivity index (χ4n) is 3.12. The molecule has 3 rings (SSSR count). The van der Waals surface area contributed by atoms with Gasteiger partial charge in [-0.15, -0.1) is 0 Å². The van der Waals surface area contributed by atoms with E-state index in [0.717, 1.165) is 40.5 Å². The molecule has 6 nitrogen and oxygen atoms in total. The SMILES string of the molecule is CNS(=O)(=O)C=Cc1ccc2[nH]cc(C3(O)CCN(C)CC3)c2c1. The van der Waals surface area contributed by atoms with Crippen LogP contribution in [0.1, 0.15) is 24.0 Å². The lowest BCUT2D eigenvalue weighted by Gasteiger charge is -2.36. The van der Waals surface area contributed by atoms with Crippen LogP contribution in [0.25, 0.3) is 17.0 Å². The first-order chi connectivity index (χ1) is 11.3. The number of hydrogen-bond donors (Lipinski definition) is 3. The summed E-state index contributed by atoms with van der Waals surface area (Å²) in [6, 6.07) is 5.67. The molecule has 0 aliphatic carbocycles. The first-order valence-electron chi connectivity index (χ1n) is 7.97. The van der Waals surface area contributed by atoms with Gasteiger partial charge in [-0.3, -0.25) is 0 Å². The zero-order valence-corrected chi connectivity index (χ0v) is 14.7. The minimum Gasteiger partial charge on any atom is -0.385 e. The van der Waals surface area contributed by atoms with E-state index in [0.29, 0.717) is 12.8 Å². The summed E-state index contributed by atoms with van der Waals surface area (Å²) in [6.45, 7) is 1.70. The zero-order chi connectivity index (χ0) is 17.4. The van der Waals surface area contributed by atoms with E-state index in [1.165, 1.54) is 7.05 Å². The number of piperidine rings is 1. The van der Waals surface area contributed by atoms with Crippen molar-refractivity contribution in [1.82, 2.24) is 14.6 Å². The van der Waals surface area contributed by atoms with Crippen LogP contribution < -0.4 is 4.72 Å². The Kier molecular flexibility index (Phi) is 4.52. The minimum absolute atomic E-state index is 0.685. The van der Waals surface area contributed by atoms with E-state index >= 15 is 0 Å². The number of nitrogens with zero attached hydrogens (tertiary/aromatic N) is 1. The third kappa shape index (κ3) is 3.39. The van der Waals surface area contributed by atoms with Gasteiger partial charge in [0, 0.05) is 41.2 Å². The van der Waals surface area contributed by atoms with Crippen LogP contribution in [0.2, 0.25) is 0 Å². The van der Waals surface area contributed by atoms with E-state index in [1.807, 2.05) is 24.4 Å². The Bertz CT molecular complexity index is 862. The molecular formula is C17H23N3O3S. The molecule has 1 aromatic heterocycles. The second kappa shape index (κ2) is 6.33. The van der Waals surface area contributed by atoms with Crippen molar-refractivity contribution in [3.63, 3.8) is 0 Å². The third-order valence-electron chi connectivity index (χ3n) is 4.75. The number of likely N-dealkylation sites (tertiary alicyclic amines) is 1. The molecule has 1 aromatic carbocycles. The maximum absolute atomic E-state index is 11.5. The number of fused-ring (bicyclic) bond motifs is 1. The van der Waals surface area contributed by atoms with Gasteiger partial charge in [-0.2, -0.15) is 0 Å². The summed E-state index contributed by atoms with van der Waals surface area (Å²) in [5.74, 6) is 0.